The molecule has 0 aliphatic carbocycles. The molecule has 0 saturated heterocycles. The largest absolute Gasteiger partial charge is 0.493 e. The Balaban J connectivity index is 2.32. The van der Waals surface area contributed by atoms with Gasteiger partial charge in [-0.2, -0.15) is 0 Å². The second-order valence-corrected chi connectivity index (χ2v) is 5.13. The van der Waals surface area contributed by atoms with Gasteiger partial charge in [-0.3, -0.25) is 4.79 Å². The highest BCUT2D eigenvalue weighted by molar-refractivity contribution is 9.10. The lowest BCUT2D eigenvalue weighted by atomic mass is 10.0. The average Bonchev–Trinajstić information content (AvgIpc) is 2.27. The summed E-state index contributed by atoms with van der Waals surface area (Å²) in [5, 5.41) is 0. The first-order valence-electron chi connectivity index (χ1n) is 5.12. The molecular weight excluding hydrogens is 256 g/mol. The molecule has 0 spiro atoms. The van der Waals surface area contributed by atoms with Gasteiger partial charge in [0, 0.05) is 5.56 Å². The number of hydrogen-bond acceptors (Lipinski definition) is 2. The fourth-order valence-electron chi connectivity index (χ4n) is 1.74. The normalized spacial score (nSPS) is 16.4. The van der Waals surface area contributed by atoms with E-state index in [1.165, 1.54) is 0 Å². The monoisotopic (exact) mass is 268 g/mol. The van der Waals surface area contributed by atoms with E-state index in [1.54, 1.807) is 0 Å². The molecule has 0 bridgehead atoms. The maximum Gasteiger partial charge on any atom is 0.176 e. The summed E-state index contributed by atoms with van der Waals surface area (Å²) >= 11 is 3.29. The number of benzene rings is 1. The topological polar surface area (TPSA) is 26.3 Å². The number of fused-ring (bicyclic) bond motifs is 1. The molecule has 0 saturated carbocycles. The van der Waals surface area contributed by atoms with Crippen LogP contribution in [0.3, 0.4) is 0 Å². The smallest absolute Gasteiger partial charge is 0.176 e. The molecule has 2 nitrogen and oxygen atoms in total. The van der Waals surface area contributed by atoms with Gasteiger partial charge in [0.1, 0.15) is 5.75 Å². The lowest BCUT2D eigenvalue weighted by Crippen LogP contribution is -2.13. The number of aryl methyl sites for hydroxylation is 1. The highest BCUT2D eigenvalue weighted by atomic mass is 79.9. The standard InChI is InChI=1S/C12H13BrO2/c1-8(13)12(14)10-4-5-11-9(7-10)3-2-6-15-11/h4-5,7-8H,2-3,6H2,1H3. The minimum atomic E-state index is -0.125. The van der Waals surface area contributed by atoms with Crippen molar-refractivity contribution in [1.29, 1.82) is 0 Å². The Morgan fingerprint density at radius 2 is 2.33 bits per heavy atom. The number of rotatable bonds is 2. The van der Waals surface area contributed by atoms with Crippen LogP contribution in [0.15, 0.2) is 18.2 Å². The lowest BCUT2D eigenvalue weighted by molar-refractivity contribution is 0.0995. The van der Waals surface area contributed by atoms with Crippen molar-refractivity contribution in [3.63, 3.8) is 0 Å². The van der Waals surface area contributed by atoms with Crippen molar-refractivity contribution >= 4 is 21.7 Å². The molecule has 1 aliphatic heterocycles. The lowest BCUT2D eigenvalue weighted by Gasteiger charge is -2.17. The number of carbonyl (C=O) groups is 1. The summed E-state index contributed by atoms with van der Waals surface area (Å²) in [6, 6.07) is 5.69. The van der Waals surface area contributed by atoms with Crippen LogP contribution in [0.25, 0.3) is 0 Å². The number of ketones is 1. The number of ether oxygens (including phenoxy) is 1. The number of carbonyl (C=O) groups excluding carboxylic acids is 1. The molecule has 3 heteroatoms. The van der Waals surface area contributed by atoms with E-state index in [9.17, 15) is 4.79 Å². The Morgan fingerprint density at radius 1 is 1.53 bits per heavy atom. The molecule has 0 fully saturated rings. The molecular formula is C12H13BrO2. The van der Waals surface area contributed by atoms with Crippen molar-refractivity contribution in [3.05, 3.63) is 29.3 Å². The van der Waals surface area contributed by atoms with Gasteiger partial charge in [0.05, 0.1) is 11.4 Å². The fraction of sp³-hybridized carbons (Fsp3) is 0.417. The van der Waals surface area contributed by atoms with E-state index in [0.717, 1.165) is 36.3 Å². The Labute approximate surface area is 97.8 Å². The van der Waals surface area contributed by atoms with Crippen molar-refractivity contribution < 1.29 is 9.53 Å². The van der Waals surface area contributed by atoms with Crippen LogP contribution in [0, 0.1) is 0 Å². The van der Waals surface area contributed by atoms with E-state index >= 15 is 0 Å². The first-order valence-corrected chi connectivity index (χ1v) is 6.04. The van der Waals surface area contributed by atoms with Crippen LogP contribution in [-0.4, -0.2) is 17.2 Å². The van der Waals surface area contributed by atoms with Crippen LogP contribution < -0.4 is 4.74 Å². The number of Topliss-reactive ketones (excluding diaryl/α,β-unsaturated/α-hetero) is 1. The Hall–Kier alpha value is -0.830. The third-order valence-electron chi connectivity index (χ3n) is 2.55. The van der Waals surface area contributed by atoms with Crippen molar-refractivity contribution in [2.24, 2.45) is 0 Å². The summed E-state index contributed by atoms with van der Waals surface area (Å²) in [5.41, 5.74) is 1.92. The molecule has 0 amide bonds. The maximum atomic E-state index is 11.7. The summed E-state index contributed by atoms with van der Waals surface area (Å²) < 4.78 is 5.50. The quantitative estimate of drug-likeness (QED) is 0.609. The van der Waals surface area contributed by atoms with Gasteiger partial charge >= 0.3 is 0 Å². The molecule has 0 radical (unpaired) electrons. The van der Waals surface area contributed by atoms with Crippen LogP contribution in [0.2, 0.25) is 0 Å². The predicted molar refractivity (Wildman–Crippen MR) is 63.0 cm³/mol. The highest BCUT2D eigenvalue weighted by Crippen LogP contribution is 2.26. The summed E-state index contributed by atoms with van der Waals surface area (Å²) in [7, 11) is 0. The molecule has 2 rings (SSSR count). The first-order chi connectivity index (χ1) is 7.18. The van der Waals surface area contributed by atoms with Crippen molar-refractivity contribution in [2.75, 3.05) is 6.61 Å². The van der Waals surface area contributed by atoms with Gasteiger partial charge in [0.2, 0.25) is 0 Å². The third kappa shape index (κ3) is 2.23. The van der Waals surface area contributed by atoms with E-state index in [0.29, 0.717) is 0 Å². The van der Waals surface area contributed by atoms with Crippen LogP contribution in [-0.2, 0) is 6.42 Å². The van der Waals surface area contributed by atoms with E-state index in [2.05, 4.69) is 15.9 Å². The van der Waals surface area contributed by atoms with Crippen LogP contribution in [0.5, 0.6) is 5.75 Å². The van der Waals surface area contributed by atoms with Gasteiger partial charge in [0.25, 0.3) is 0 Å². The molecule has 1 aliphatic rings. The van der Waals surface area contributed by atoms with E-state index < -0.39 is 0 Å². The van der Waals surface area contributed by atoms with E-state index in [-0.39, 0.29) is 10.6 Å². The molecule has 1 aromatic rings. The summed E-state index contributed by atoms with van der Waals surface area (Å²) in [5.74, 6) is 1.06. The van der Waals surface area contributed by atoms with Crippen molar-refractivity contribution in [3.8, 4) is 5.75 Å². The fourth-order valence-corrected chi connectivity index (χ4v) is 2.01. The molecule has 0 N–H and O–H groups in total. The zero-order chi connectivity index (χ0) is 10.8. The second kappa shape index (κ2) is 4.35. The van der Waals surface area contributed by atoms with Gasteiger partial charge in [-0.1, -0.05) is 15.9 Å². The molecule has 1 unspecified atom stereocenters. The molecule has 15 heavy (non-hydrogen) atoms. The van der Waals surface area contributed by atoms with Gasteiger partial charge in [-0.25, -0.2) is 0 Å². The van der Waals surface area contributed by atoms with E-state index in [4.69, 9.17) is 4.74 Å². The van der Waals surface area contributed by atoms with Gasteiger partial charge in [0.15, 0.2) is 5.78 Å². The van der Waals surface area contributed by atoms with Gasteiger partial charge in [-0.15, -0.1) is 0 Å². The molecule has 1 atom stereocenters. The number of alkyl halides is 1. The van der Waals surface area contributed by atoms with Gasteiger partial charge in [-0.05, 0) is 43.5 Å². The van der Waals surface area contributed by atoms with Crippen molar-refractivity contribution in [1.82, 2.24) is 0 Å². The predicted octanol–water partition coefficient (Wildman–Crippen LogP) is 2.98. The van der Waals surface area contributed by atoms with Crippen LogP contribution >= 0.6 is 15.9 Å². The Bertz CT molecular complexity index is 385. The zero-order valence-electron chi connectivity index (χ0n) is 8.63. The summed E-state index contributed by atoms with van der Waals surface area (Å²) in [4.78, 5) is 11.6. The summed E-state index contributed by atoms with van der Waals surface area (Å²) in [6.07, 6.45) is 2.04. The van der Waals surface area contributed by atoms with Crippen LogP contribution in [0.4, 0.5) is 0 Å². The Kier molecular flexibility index (Phi) is 3.10. The molecule has 0 aromatic heterocycles. The van der Waals surface area contributed by atoms with E-state index in [1.807, 2.05) is 25.1 Å². The van der Waals surface area contributed by atoms with Crippen LogP contribution in [0.1, 0.15) is 29.3 Å². The molecule has 1 aromatic carbocycles. The minimum Gasteiger partial charge on any atom is -0.493 e. The Morgan fingerprint density at radius 3 is 3.07 bits per heavy atom. The second-order valence-electron chi connectivity index (χ2n) is 3.75. The third-order valence-corrected chi connectivity index (χ3v) is 2.97. The number of hydrogen-bond donors (Lipinski definition) is 0. The minimum absolute atomic E-state index is 0.125. The number of halogens is 1. The van der Waals surface area contributed by atoms with Gasteiger partial charge < -0.3 is 4.74 Å². The maximum absolute atomic E-state index is 11.7. The summed E-state index contributed by atoms with van der Waals surface area (Å²) in [6.45, 7) is 2.63. The SMILES string of the molecule is CC(Br)C(=O)c1ccc2c(c1)CCCO2. The average molecular weight is 269 g/mol. The highest BCUT2D eigenvalue weighted by Gasteiger charge is 2.16. The molecule has 80 valence electrons. The first kappa shape index (κ1) is 10.7. The zero-order valence-corrected chi connectivity index (χ0v) is 10.2. The van der Waals surface area contributed by atoms with Crippen molar-refractivity contribution in [2.45, 2.75) is 24.6 Å². The molecule has 1 heterocycles.